The summed E-state index contributed by atoms with van der Waals surface area (Å²) in [6.07, 6.45) is 11.0. The third-order valence-corrected chi connectivity index (χ3v) is 22.8. The van der Waals surface area contributed by atoms with Crippen LogP contribution >= 0.6 is 11.3 Å². The van der Waals surface area contributed by atoms with Crippen molar-refractivity contribution >= 4 is 88.4 Å². The molecule has 1 aromatic heterocycles. The minimum absolute atomic E-state index is 0.00442. The Kier molecular flexibility index (Phi) is 10.8. The maximum atomic E-state index is 2.86. The molecule has 6 aliphatic rings. The Morgan fingerprint density at radius 3 is 1.78 bits per heavy atom. The first-order valence-corrected chi connectivity index (χ1v) is 31.0. The van der Waals surface area contributed by atoms with Crippen molar-refractivity contribution in [2.45, 2.75) is 183 Å². The van der Waals surface area contributed by atoms with Gasteiger partial charge >= 0.3 is 0 Å². The summed E-state index contributed by atoms with van der Waals surface area (Å²) in [5.74, 6) is 0.441. The molecule has 0 saturated heterocycles. The Bertz CT molecular complexity index is 4010. The smallest absolute Gasteiger partial charge is 0.260 e. The quantitative estimate of drug-likeness (QED) is 0.129. The van der Waals surface area contributed by atoms with E-state index >= 15 is 0 Å². The molecular formula is C75H83BN2S. The number of anilines is 5. The van der Waals surface area contributed by atoms with Crippen molar-refractivity contribution in [2.75, 3.05) is 9.80 Å². The van der Waals surface area contributed by atoms with E-state index in [0.29, 0.717) is 5.92 Å². The van der Waals surface area contributed by atoms with E-state index in [-0.39, 0.29) is 44.6 Å². The maximum absolute atomic E-state index is 2.86. The van der Waals surface area contributed by atoms with Crippen LogP contribution in [0.15, 0.2) is 138 Å². The molecule has 0 bridgehead atoms. The fourth-order valence-corrected chi connectivity index (χ4v) is 17.6. The van der Waals surface area contributed by atoms with Gasteiger partial charge in [-0.05, 0) is 216 Å². The van der Waals surface area contributed by atoms with Gasteiger partial charge < -0.3 is 9.80 Å². The van der Waals surface area contributed by atoms with Crippen LogP contribution in [0.4, 0.5) is 28.4 Å². The van der Waals surface area contributed by atoms with Gasteiger partial charge in [-0.1, -0.05) is 182 Å². The summed E-state index contributed by atoms with van der Waals surface area (Å²) in [6, 6.07) is 46.5. The molecule has 1 atom stereocenters. The second-order valence-electron chi connectivity index (χ2n) is 30.6. The van der Waals surface area contributed by atoms with Gasteiger partial charge in [-0.15, -0.1) is 11.3 Å². The fourth-order valence-electron chi connectivity index (χ4n) is 16.2. The predicted octanol–water partition coefficient (Wildman–Crippen LogP) is 20.3. The van der Waals surface area contributed by atoms with Gasteiger partial charge in [0.2, 0.25) is 0 Å². The molecule has 0 spiro atoms. The summed E-state index contributed by atoms with van der Waals surface area (Å²) in [4.78, 5) is 5.60. The van der Waals surface area contributed by atoms with E-state index in [1.165, 1.54) is 147 Å². The number of hydrogen-bond acceptors (Lipinski definition) is 3. The summed E-state index contributed by atoms with van der Waals surface area (Å²) in [7, 11) is 0. The average molecular weight is 1060 g/mol. The molecule has 8 aromatic rings. The number of hydrogen-bond donors (Lipinski definition) is 0. The Balaban J connectivity index is 1.13. The Labute approximate surface area is 477 Å². The molecule has 1 saturated carbocycles. The lowest BCUT2D eigenvalue weighted by Gasteiger charge is -2.54. The second-order valence-corrected chi connectivity index (χ2v) is 31.7. The first-order valence-electron chi connectivity index (χ1n) is 30.2. The molecule has 1 unspecified atom stereocenters. The number of allylic oxidation sites excluding steroid dienone is 3. The lowest BCUT2D eigenvalue weighted by molar-refractivity contribution is 0.122. The van der Waals surface area contributed by atoms with E-state index in [1.54, 1.807) is 16.6 Å². The van der Waals surface area contributed by atoms with Gasteiger partial charge in [0.15, 0.2) is 0 Å². The summed E-state index contributed by atoms with van der Waals surface area (Å²) in [5.41, 5.74) is 24.6. The molecule has 402 valence electrons. The summed E-state index contributed by atoms with van der Waals surface area (Å²) < 4.78 is 2.94. The highest BCUT2D eigenvalue weighted by atomic mass is 32.1. The van der Waals surface area contributed by atoms with E-state index in [0.717, 1.165) is 12.8 Å². The largest absolute Gasteiger partial charge is 0.311 e. The van der Waals surface area contributed by atoms with Crippen LogP contribution in [0.2, 0.25) is 0 Å². The van der Waals surface area contributed by atoms with Gasteiger partial charge in [-0.25, -0.2) is 0 Å². The zero-order chi connectivity index (χ0) is 55.5. The van der Waals surface area contributed by atoms with Crippen LogP contribution in [-0.2, 0) is 27.1 Å². The first kappa shape index (κ1) is 51.3. The molecular weight excluding hydrogens is 972 g/mol. The van der Waals surface area contributed by atoms with Gasteiger partial charge in [0.1, 0.15) is 0 Å². The van der Waals surface area contributed by atoms with E-state index in [9.17, 15) is 0 Å². The third kappa shape index (κ3) is 7.53. The molecule has 79 heavy (non-hydrogen) atoms. The van der Waals surface area contributed by atoms with E-state index < -0.39 is 0 Å². The molecule has 0 N–H and O–H groups in total. The van der Waals surface area contributed by atoms with Crippen molar-refractivity contribution in [1.29, 1.82) is 0 Å². The number of benzene rings is 7. The molecule has 4 aliphatic carbocycles. The summed E-state index contributed by atoms with van der Waals surface area (Å²) in [5, 5.41) is 6.65. The van der Waals surface area contributed by atoms with Crippen molar-refractivity contribution in [3.05, 3.63) is 171 Å². The van der Waals surface area contributed by atoms with Crippen molar-refractivity contribution < 1.29 is 0 Å². The van der Waals surface area contributed by atoms with E-state index in [4.69, 9.17) is 0 Å². The zero-order valence-corrected chi connectivity index (χ0v) is 51.3. The molecule has 2 nitrogen and oxygen atoms in total. The van der Waals surface area contributed by atoms with Crippen LogP contribution in [-0.4, -0.2) is 6.71 Å². The molecule has 4 heteroatoms. The van der Waals surface area contributed by atoms with Crippen LogP contribution in [0, 0.1) is 23.7 Å². The highest BCUT2D eigenvalue weighted by Crippen LogP contribution is 2.61. The number of fused-ring (bicyclic) bond motifs is 11. The van der Waals surface area contributed by atoms with Gasteiger partial charge in [-0.3, -0.25) is 0 Å². The van der Waals surface area contributed by atoms with Crippen molar-refractivity contribution in [3.8, 4) is 11.1 Å². The normalized spacial score (nSPS) is 21.7. The predicted molar refractivity (Wildman–Crippen MR) is 345 cm³/mol. The van der Waals surface area contributed by atoms with Gasteiger partial charge in [0, 0.05) is 43.2 Å². The van der Waals surface area contributed by atoms with Crippen LogP contribution in [0.1, 0.15) is 182 Å². The summed E-state index contributed by atoms with van der Waals surface area (Å²) in [6.45, 7) is 39.9. The standard InChI is InChI=1S/C75H83BN2S/c1-44-36-63-66-64(37-44)78(61-41-57-54(70(5,6)30-33-73(57,11)12)38-52(61)50-23-19-22-49-48-21-18-17-20-45(48)24-29-51(49)50)62-42-58-56(72(9,10)32-34-74(58,13)14)40-60(62)76(66)68-67(77(63)47-27-25-46(26-28-47)69(2,3)4)53-39-55-59(43-65(53)79-68)75(15,16)35-31-71(55,7)8/h17-29,36-39,41-43,56H,30-35,40H2,1-16H3. The van der Waals surface area contributed by atoms with Crippen molar-refractivity contribution in [1.82, 2.24) is 0 Å². The Morgan fingerprint density at radius 2 is 1.11 bits per heavy atom. The van der Waals surface area contributed by atoms with Crippen LogP contribution < -0.4 is 20.0 Å². The zero-order valence-electron chi connectivity index (χ0n) is 50.5. The van der Waals surface area contributed by atoms with Gasteiger partial charge in [0.25, 0.3) is 6.71 Å². The van der Waals surface area contributed by atoms with E-state index in [2.05, 4.69) is 253 Å². The topological polar surface area (TPSA) is 6.48 Å². The fraction of sp³-hybridized carbons (Fsp3) is 0.413. The van der Waals surface area contributed by atoms with Crippen molar-refractivity contribution in [3.63, 3.8) is 0 Å². The second kappa shape index (κ2) is 16.6. The SMILES string of the molecule is Cc1cc2c3c(c1)N(c1ccc(C(C)(C)C)cc1)c1c(sc4cc5c(cc14)C(C)(C)CCC5(C)C)B3C1=C(C=C3C(C1)C(C)(C)CCC3(C)C)N2c1cc2c(cc1-c1cccc3c1ccc1ccccc13)C(C)(C)CCC2(C)C. The van der Waals surface area contributed by atoms with Gasteiger partial charge in [0.05, 0.1) is 11.4 Å². The summed E-state index contributed by atoms with van der Waals surface area (Å²) >= 11 is 2.11. The Morgan fingerprint density at radius 1 is 0.519 bits per heavy atom. The number of nitrogens with zero attached hydrogens (tertiary/aromatic N) is 2. The molecule has 2 aliphatic heterocycles. The average Bonchev–Trinajstić information content (AvgIpc) is 2.67. The molecule has 14 rings (SSSR count). The lowest BCUT2D eigenvalue weighted by atomic mass is 9.33. The van der Waals surface area contributed by atoms with Crippen LogP contribution in [0.3, 0.4) is 0 Å². The maximum Gasteiger partial charge on any atom is 0.260 e. The monoisotopic (exact) mass is 1050 g/mol. The lowest BCUT2D eigenvalue weighted by Crippen LogP contribution is -2.56. The number of thiophene rings is 1. The van der Waals surface area contributed by atoms with Crippen molar-refractivity contribution in [2.24, 2.45) is 16.7 Å². The minimum atomic E-state index is 0.00442. The number of rotatable bonds is 3. The molecule has 1 fully saturated rings. The van der Waals surface area contributed by atoms with Gasteiger partial charge in [-0.2, -0.15) is 0 Å². The molecule has 7 aromatic carbocycles. The third-order valence-electron chi connectivity index (χ3n) is 21.6. The Hall–Kier alpha value is -5.84. The van der Waals surface area contributed by atoms with E-state index in [1.807, 2.05) is 0 Å². The van der Waals surface area contributed by atoms with Crippen LogP contribution in [0.5, 0.6) is 0 Å². The molecule has 0 amide bonds. The first-order chi connectivity index (χ1) is 37.2. The molecule has 3 heterocycles. The highest BCUT2D eigenvalue weighted by Gasteiger charge is 2.53. The highest BCUT2D eigenvalue weighted by molar-refractivity contribution is 7.32. The molecule has 0 radical (unpaired) electrons. The number of aryl methyl sites for hydroxylation is 1. The minimum Gasteiger partial charge on any atom is -0.311 e. The van der Waals surface area contributed by atoms with Crippen LogP contribution in [0.25, 0.3) is 42.8 Å².